The second kappa shape index (κ2) is 3.94. The maximum absolute atomic E-state index is 5.81. The van der Waals surface area contributed by atoms with Crippen molar-refractivity contribution in [1.82, 2.24) is 5.32 Å². The van der Waals surface area contributed by atoms with Gasteiger partial charge in [-0.3, -0.25) is 0 Å². The maximum atomic E-state index is 5.81. The van der Waals surface area contributed by atoms with E-state index in [0.717, 1.165) is 18.9 Å². The van der Waals surface area contributed by atoms with Crippen LogP contribution in [0.1, 0.15) is 32.6 Å². The summed E-state index contributed by atoms with van der Waals surface area (Å²) < 4.78 is 0. The molecular formula is C8H18N2. The molecule has 0 amide bonds. The van der Waals surface area contributed by atoms with Crippen LogP contribution < -0.4 is 11.1 Å². The van der Waals surface area contributed by atoms with Gasteiger partial charge in [-0.1, -0.05) is 6.92 Å². The normalized spacial score (nSPS) is 28.8. The monoisotopic (exact) mass is 142 g/mol. The summed E-state index contributed by atoms with van der Waals surface area (Å²) in [4.78, 5) is 0. The van der Waals surface area contributed by atoms with Crippen LogP contribution in [0, 0.1) is 0 Å². The molecule has 2 atom stereocenters. The van der Waals surface area contributed by atoms with Crippen molar-refractivity contribution in [3.05, 3.63) is 0 Å². The molecule has 0 saturated carbocycles. The largest absolute Gasteiger partial charge is 0.328 e. The van der Waals surface area contributed by atoms with E-state index >= 15 is 0 Å². The molecule has 1 aliphatic rings. The Morgan fingerprint density at radius 3 is 3.00 bits per heavy atom. The number of hydrogen-bond donors (Lipinski definition) is 2. The standard InChI is InChI=1S/C8H18N2/c1-2-7(9)6-8-4-3-5-10-8/h7-8,10H,2-6,9H2,1H3. The average molecular weight is 142 g/mol. The van der Waals surface area contributed by atoms with Crippen LogP contribution in [0.15, 0.2) is 0 Å². The first-order chi connectivity index (χ1) is 4.83. The van der Waals surface area contributed by atoms with E-state index in [1.807, 2.05) is 0 Å². The van der Waals surface area contributed by atoms with Crippen LogP contribution in [0.3, 0.4) is 0 Å². The third kappa shape index (κ3) is 2.27. The minimum absolute atomic E-state index is 0.413. The summed E-state index contributed by atoms with van der Waals surface area (Å²) in [5, 5.41) is 3.44. The van der Waals surface area contributed by atoms with Gasteiger partial charge < -0.3 is 11.1 Å². The molecule has 1 saturated heterocycles. The number of hydrogen-bond acceptors (Lipinski definition) is 2. The Kier molecular flexibility index (Phi) is 3.16. The molecule has 1 rings (SSSR count). The van der Waals surface area contributed by atoms with Crippen molar-refractivity contribution in [1.29, 1.82) is 0 Å². The molecule has 2 unspecified atom stereocenters. The third-order valence-electron chi connectivity index (χ3n) is 2.27. The first-order valence-electron chi connectivity index (χ1n) is 4.32. The summed E-state index contributed by atoms with van der Waals surface area (Å²) in [5.41, 5.74) is 5.81. The third-order valence-corrected chi connectivity index (χ3v) is 2.27. The van der Waals surface area contributed by atoms with E-state index in [9.17, 15) is 0 Å². The fourth-order valence-corrected chi connectivity index (χ4v) is 1.49. The van der Waals surface area contributed by atoms with Crippen molar-refractivity contribution < 1.29 is 0 Å². The Morgan fingerprint density at radius 2 is 2.50 bits per heavy atom. The lowest BCUT2D eigenvalue weighted by atomic mass is 10.0. The Bertz CT molecular complexity index is 87.3. The van der Waals surface area contributed by atoms with Gasteiger partial charge >= 0.3 is 0 Å². The predicted molar refractivity (Wildman–Crippen MR) is 43.9 cm³/mol. The van der Waals surface area contributed by atoms with Gasteiger partial charge in [0, 0.05) is 12.1 Å². The quantitative estimate of drug-likeness (QED) is 0.613. The lowest BCUT2D eigenvalue weighted by Crippen LogP contribution is -2.30. The van der Waals surface area contributed by atoms with Gasteiger partial charge in [0.05, 0.1) is 0 Å². The van der Waals surface area contributed by atoms with E-state index in [1.165, 1.54) is 19.4 Å². The van der Waals surface area contributed by atoms with Crippen LogP contribution in [0.2, 0.25) is 0 Å². The molecule has 0 aromatic rings. The summed E-state index contributed by atoms with van der Waals surface area (Å²) in [7, 11) is 0. The van der Waals surface area contributed by atoms with Crippen molar-refractivity contribution in [2.45, 2.75) is 44.7 Å². The van der Waals surface area contributed by atoms with Gasteiger partial charge in [0.25, 0.3) is 0 Å². The van der Waals surface area contributed by atoms with Crippen LogP contribution in [-0.4, -0.2) is 18.6 Å². The summed E-state index contributed by atoms with van der Waals surface area (Å²) in [6.07, 6.45) is 4.93. The van der Waals surface area contributed by atoms with Crippen LogP contribution in [0.4, 0.5) is 0 Å². The van der Waals surface area contributed by atoms with E-state index in [1.54, 1.807) is 0 Å². The Morgan fingerprint density at radius 1 is 1.70 bits per heavy atom. The zero-order chi connectivity index (χ0) is 7.40. The van der Waals surface area contributed by atoms with E-state index < -0.39 is 0 Å². The molecule has 10 heavy (non-hydrogen) atoms. The van der Waals surface area contributed by atoms with Crippen molar-refractivity contribution in [3.63, 3.8) is 0 Å². The van der Waals surface area contributed by atoms with Gasteiger partial charge in [-0.25, -0.2) is 0 Å². The number of rotatable bonds is 3. The second-order valence-electron chi connectivity index (χ2n) is 3.20. The highest BCUT2D eigenvalue weighted by Gasteiger charge is 2.15. The summed E-state index contributed by atoms with van der Waals surface area (Å²) in [6.45, 7) is 3.35. The van der Waals surface area contributed by atoms with Crippen LogP contribution >= 0.6 is 0 Å². The van der Waals surface area contributed by atoms with Gasteiger partial charge in [-0.15, -0.1) is 0 Å². The van der Waals surface area contributed by atoms with Gasteiger partial charge in [0.1, 0.15) is 0 Å². The van der Waals surface area contributed by atoms with E-state index in [4.69, 9.17) is 5.73 Å². The highest BCUT2D eigenvalue weighted by atomic mass is 14.9. The Balaban J connectivity index is 2.11. The smallest absolute Gasteiger partial charge is 0.00822 e. The van der Waals surface area contributed by atoms with Crippen molar-refractivity contribution in [3.8, 4) is 0 Å². The molecule has 2 heteroatoms. The lowest BCUT2D eigenvalue weighted by Gasteiger charge is -2.14. The van der Waals surface area contributed by atoms with Gasteiger partial charge in [-0.2, -0.15) is 0 Å². The molecule has 2 nitrogen and oxygen atoms in total. The zero-order valence-electron chi connectivity index (χ0n) is 6.77. The molecule has 0 radical (unpaired) electrons. The topological polar surface area (TPSA) is 38.0 Å². The van der Waals surface area contributed by atoms with Gasteiger partial charge in [0.2, 0.25) is 0 Å². The van der Waals surface area contributed by atoms with Crippen LogP contribution in [0.5, 0.6) is 0 Å². The van der Waals surface area contributed by atoms with Gasteiger partial charge in [-0.05, 0) is 32.2 Å². The summed E-state index contributed by atoms with van der Waals surface area (Å²) >= 11 is 0. The molecule has 1 fully saturated rings. The van der Waals surface area contributed by atoms with Crippen LogP contribution in [-0.2, 0) is 0 Å². The molecular weight excluding hydrogens is 124 g/mol. The molecule has 0 aliphatic carbocycles. The van der Waals surface area contributed by atoms with E-state index in [2.05, 4.69) is 12.2 Å². The molecule has 1 heterocycles. The molecule has 1 aliphatic heterocycles. The lowest BCUT2D eigenvalue weighted by molar-refractivity contribution is 0.479. The molecule has 0 bridgehead atoms. The minimum Gasteiger partial charge on any atom is -0.328 e. The van der Waals surface area contributed by atoms with Crippen molar-refractivity contribution in [2.75, 3.05) is 6.54 Å². The SMILES string of the molecule is CCC(N)CC1CCCN1. The summed E-state index contributed by atoms with van der Waals surface area (Å²) in [5.74, 6) is 0. The van der Waals surface area contributed by atoms with Crippen molar-refractivity contribution >= 4 is 0 Å². The average Bonchev–Trinajstić information content (AvgIpc) is 2.40. The Labute approximate surface area is 63.2 Å². The van der Waals surface area contributed by atoms with Crippen molar-refractivity contribution in [2.24, 2.45) is 5.73 Å². The highest BCUT2D eigenvalue weighted by Crippen LogP contribution is 2.10. The number of nitrogens with two attached hydrogens (primary N) is 1. The maximum Gasteiger partial charge on any atom is 0.00822 e. The molecule has 3 N–H and O–H groups in total. The van der Waals surface area contributed by atoms with E-state index in [-0.39, 0.29) is 0 Å². The molecule has 0 spiro atoms. The molecule has 0 aromatic heterocycles. The minimum atomic E-state index is 0.413. The fourth-order valence-electron chi connectivity index (χ4n) is 1.49. The molecule has 0 aromatic carbocycles. The van der Waals surface area contributed by atoms with Crippen LogP contribution in [0.25, 0.3) is 0 Å². The summed E-state index contributed by atoms with van der Waals surface area (Å²) in [6, 6.07) is 1.13. The second-order valence-corrected chi connectivity index (χ2v) is 3.20. The predicted octanol–water partition coefficient (Wildman–Crippen LogP) is 0.866. The zero-order valence-corrected chi connectivity index (χ0v) is 6.77. The first kappa shape index (κ1) is 8.02. The molecule has 60 valence electrons. The first-order valence-corrected chi connectivity index (χ1v) is 4.32. The van der Waals surface area contributed by atoms with E-state index in [0.29, 0.717) is 6.04 Å². The Hall–Kier alpha value is -0.0800. The fraction of sp³-hybridized carbons (Fsp3) is 1.00. The number of nitrogens with one attached hydrogen (secondary N) is 1. The van der Waals surface area contributed by atoms with Gasteiger partial charge in [0.15, 0.2) is 0 Å². The highest BCUT2D eigenvalue weighted by molar-refractivity contribution is 4.77.